The molecule has 1 N–H and O–H groups in total. The van der Waals surface area contributed by atoms with Gasteiger partial charge in [0.2, 0.25) is 0 Å². The van der Waals surface area contributed by atoms with Gasteiger partial charge in [-0.25, -0.2) is 0 Å². The molecule has 1 aliphatic rings. The molecule has 0 spiro atoms. The summed E-state index contributed by atoms with van der Waals surface area (Å²) in [6.07, 6.45) is 0. The molecule has 0 aromatic heterocycles. The van der Waals surface area contributed by atoms with Crippen LogP contribution in [0, 0.1) is 6.92 Å². The van der Waals surface area contributed by atoms with Crippen molar-refractivity contribution < 1.29 is 19.1 Å². The van der Waals surface area contributed by atoms with Gasteiger partial charge in [-0.1, -0.05) is 24.3 Å². The number of hydrogen-bond donors (Lipinski definition) is 1. The largest absolute Gasteiger partial charge is 0.494 e. The second-order valence-electron chi connectivity index (χ2n) is 6.46. The van der Waals surface area contributed by atoms with Crippen LogP contribution >= 0.6 is 0 Å². The first-order chi connectivity index (χ1) is 13.5. The normalized spacial score (nSPS) is 14.0. The molecule has 146 valence electrons. The predicted octanol–water partition coefficient (Wildman–Crippen LogP) is 3.23. The number of hydrogen-bond acceptors (Lipinski definition) is 5. The Morgan fingerprint density at radius 1 is 1.04 bits per heavy atom. The molecule has 2 aromatic carbocycles. The Morgan fingerprint density at radius 2 is 1.79 bits per heavy atom. The zero-order chi connectivity index (χ0) is 20.1. The number of benzene rings is 2. The van der Waals surface area contributed by atoms with Gasteiger partial charge in [-0.2, -0.15) is 0 Å². The Morgan fingerprint density at radius 3 is 2.43 bits per heavy atom. The molecule has 2 amide bonds. The average Bonchev–Trinajstić information content (AvgIpc) is 2.91. The Balaban J connectivity index is 2.00. The van der Waals surface area contributed by atoms with Crippen LogP contribution in [0.4, 0.5) is 5.69 Å². The molecule has 1 aliphatic heterocycles. The van der Waals surface area contributed by atoms with Crippen LogP contribution in [0.5, 0.6) is 5.75 Å². The molecule has 0 bridgehead atoms. The number of anilines is 1. The smallest absolute Gasteiger partial charge is 0.278 e. The van der Waals surface area contributed by atoms with E-state index >= 15 is 0 Å². The van der Waals surface area contributed by atoms with E-state index in [1.54, 1.807) is 24.3 Å². The van der Waals surface area contributed by atoms with Gasteiger partial charge in [-0.15, -0.1) is 0 Å². The number of imide groups is 1. The molecule has 0 fully saturated rings. The number of amides is 2. The molecule has 0 saturated carbocycles. The van der Waals surface area contributed by atoms with Crippen molar-refractivity contribution >= 4 is 23.1 Å². The summed E-state index contributed by atoms with van der Waals surface area (Å²) in [5.41, 5.74) is 3.10. The number of carbonyl (C=O) groups is 2. The van der Waals surface area contributed by atoms with Crippen molar-refractivity contribution in [1.29, 1.82) is 0 Å². The third kappa shape index (κ3) is 4.07. The molecule has 0 saturated heterocycles. The monoisotopic (exact) mass is 380 g/mol. The average molecular weight is 380 g/mol. The minimum absolute atomic E-state index is 0.202. The van der Waals surface area contributed by atoms with E-state index in [0.29, 0.717) is 23.5 Å². The first kappa shape index (κ1) is 19.6. The quantitative estimate of drug-likeness (QED) is 0.712. The second kappa shape index (κ2) is 8.71. The molecular formula is C22H24N2O4. The molecule has 0 unspecified atom stereocenters. The van der Waals surface area contributed by atoms with Crippen LogP contribution < -0.4 is 10.1 Å². The van der Waals surface area contributed by atoms with E-state index in [9.17, 15) is 9.59 Å². The van der Waals surface area contributed by atoms with Gasteiger partial charge < -0.3 is 14.8 Å². The number of nitrogens with one attached hydrogen (secondary N) is 1. The Bertz CT molecular complexity index is 903. The number of ether oxygens (including phenoxy) is 2. The fourth-order valence-electron chi connectivity index (χ4n) is 3.10. The summed E-state index contributed by atoms with van der Waals surface area (Å²) in [6, 6.07) is 14.9. The van der Waals surface area contributed by atoms with Crippen LogP contribution in [-0.2, 0) is 14.3 Å². The SMILES string of the molecule is CCOc1ccc(C2=C(Nc3cccc(C)c3)C(=O)N(CCOC)C2=O)cc1. The lowest BCUT2D eigenvalue weighted by molar-refractivity contribution is -0.137. The molecule has 2 aromatic rings. The minimum atomic E-state index is -0.354. The predicted molar refractivity (Wildman–Crippen MR) is 108 cm³/mol. The van der Waals surface area contributed by atoms with Gasteiger partial charge in [-0.3, -0.25) is 14.5 Å². The third-order valence-electron chi connectivity index (χ3n) is 4.43. The van der Waals surface area contributed by atoms with E-state index in [4.69, 9.17) is 9.47 Å². The van der Waals surface area contributed by atoms with Gasteiger partial charge in [0, 0.05) is 12.8 Å². The van der Waals surface area contributed by atoms with E-state index in [0.717, 1.165) is 11.3 Å². The maximum Gasteiger partial charge on any atom is 0.278 e. The number of rotatable bonds is 8. The van der Waals surface area contributed by atoms with E-state index in [1.165, 1.54) is 12.0 Å². The van der Waals surface area contributed by atoms with Crippen LogP contribution in [0.1, 0.15) is 18.1 Å². The Kier molecular flexibility index (Phi) is 6.11. The molecule has 1 heterocycles. The summed E-state index contributed by atoms with van der Waals surface area (Å²) < 4.78 is 10.5. The van der Waals surface area contributed by atoms with Gasteiger partial charge >= 0.3 is 0 Å². The van der Waals surface area contributed by atoms with Crippen molar-refractivity contribution in [2.45, 2.75) is 13.8 Å². The number of aryl methyl sites for hydroxylation is 1. The maximum atomic E-state index is 13.0. The zero-order valence-corrected chi connectivity index (χ0v) is 16.3. The Hall–Kier alpha value is -3.12. The highest BCUT2D eigenvalue weighted by Gasteiger charge is 2.38. The highest BCUT2D eigenvalue weighted by Crippen LogP contribution is 2.31. The van der Waals surface area contributed by atoms with E-state index < -0.39 is 0 Å². The van der Waals surface area contributed by atoms with Crippen LogP contribution in [0.25, 0.3) is 5.57 Å². The fraction of sp³-hybridized carbons (Fsp3) is 0.273. The van der Waals surface area contributed by atoms with Crippen molar-refractivity contribution in [1.82, 2.24) is 4.90 Å². The summed E-state index contributed by atoms with van der Waals surface area (Å²) in [7, 11) is 1.54. The van der Waals surface area contributed by atoms with Crippen molar-refractivity contribution in [3.8, 4) is 5.75 Å². The van der Waals surface area contributed by atoms with Crippen molar-refractivity contribution in [2.75, 3.05) is 32.2 Å². The van der Waals surface area contributed by atoms with Crippen LogP contribution in [0.2, 0.25) is 0 Å². The second-order valence-corrected chi connectivity index (χ2v) is 6.46. The zero-order valence-electron chi connectivity index (χ0n) is 16.3. The van der Waals surface area contributed by atoms with Crippen LogP contribution in [-0.4, -0.2) is 43.6 Å². The number of nitrogens with zero attached hydrogens (tertiary/aromatic N) is 1. The minimum Gasteiger partial charge on any atom is -0.494 e. The van der Waals surface area contributed by atoms with Crippen molar-refractivity contribution in [3.63, 3.8) is 0 Å². The molecule has 6 heteroatoms. The summed E-state index contributed by atoms with van der Waals surface area (Å²) in [5.74, 6) is 0.0295. The van der Waals surface area contributed by atoms with Gasteiger partial charge in [0.1, 0.15) is 11.4 Å². The van der Waals surface area contributed by atoms with Gasteiger partial charge in [0.15, 0.2) is 0 Å². The van der Waals surface area contributed by atoms with E-state index in [-0.39, 0.29) is 30.7 Å². The number of methoxy groups -OCH3 is 1. The first-order valence-corrected chi connectivity index (χ1v) is 9.21. The third-order valence-corrected chi connectivity index (χ3v) is 4.43. The molecule has 0 atom stereocenters. The summed E-state index contributed by atoms with van der Waals surface area (Å²) in [5, 5.41) is 3.15. The topological polar surface area (TPSA) is 67.9 Å². The highest BCUT2D eigenvalue weighted by atomic mass is 16.5. The lowest BCUT2D eigenvalue weighted by atomic mass is 10.0. The van der Waals surface area contributed by atoms with E-state index in [1.807, 2.05) is 38.1 Å². The maximum absolute atomic E-state index is 13.0. The number of carbonyl (C=O) groups excluding carboxylic acids is 2. The summed E-state index contributed by atoms with van der Waals surface area (Å²) in [4.78, 5) is 27.2. The van der Waals surface area contributed by atoms with Crippen LogP contribution in [0.15, 0.2) is 54.2 Å². The van der Waals surface area contributed by atoms with Crippen molar-refractivity contribution in [2.24, 2.45) is 0 Å². The molecule has 0 aliphatic carbocycles. The lowest BCUT2D eigenvalue weighted by Gasteiger charge is -2.14. The fourth-order valence-corrected chi connectivity index (χ4v) is 3.10. The summed E-state index contributed by atoms with van der Waals surface area (Å²) in [6.45, 7) is 4.93. The van der Waals surface area contributed by atoms with E-state index in [2.05, 4.69) is 5.32 Å². The van der Waals surface area contributed by atoms with Gasteiger partial charge in [-0.05, 0) is 49.2 Å². The lowest BCUT2D eigenvalue weighted by Crippen LogP contribution is -2.35. The summed E-state index contributed by atoms with van der Waals surface area (Å²) >= 11 is 0. The van der Waals surface area contributed by atoms with Crippen LogP contribution in [0.3, 0.4) is 0 Å². The molecule has 6 nitrogen and oxygen atoms in total. The standard InChI is InChI=1S/C22H24N2O4/c1-4-28-18-10-8-16(9-11-18)19-20(23-17-7-5-6-15(2)14-17)22(26)24(21(19)25)12-13-27-3/h5-11,14,23H,4,12-13H2,1-3H3. The van der Waals surface area contributed by atoms with Gasteiger partial charge in [0.05, 0.1) is 25.3 Å². The van der Waals surface area contributed by atoms with Crippen molar-refractivity contribution in [3.05, 3.63) is 65.4 Å². The Labute approximate surface area is 164 Å². The molecule has 0 radical (unpaired) electrons. The molecular weight excluding hydrogens is 356 g/mol. The first-order valence-electron chi connectivity index (χ1n) is 9.21. The molecule has 28 heavy (non-hydrogen) atoms. The van der Waals surface area contributed by atoms with Gasteiger partial charge in [0.25, 0.3) is 11.8 Å². The molecule has 3 rings (SSSR count). The highest BCUT2D eigenvalue weighted by molar-refractivity contribution is 6.36.